The van der Waals surface area contributed by atoms with Gasteiger partial charge in [-0.1, -0.05) is 68.4 Å². The van der Waals surface area contributed by atoms with Crippen LogP contribution in [0.25, 0.3) is 0 Å². The number of anilines is 2. The molecule has 0 saturated carbocycles. The number of nitrogens with zero attached hydrogens (tertiary/aromatic N) is 2. The van der Waals surface area contributed by atoms with E-state index >= 15 is 0 Å². The van der Waals surface area contributed by atoms with Gasteiger partial charge in [-0.2, -0.15) is 0 Å². The van der Waals surface area contributed by atoms with Gasteiger partial charge in [-0.3, -0.25) is 14.6 Å². The van der Waals surface area contributed by atoms with Crippen molar-refractivity contribution in [3.63, 3.8) is 0 Å². The molecule has 180 valence electrons. The van der Waals surface area contributed by atoms with Gasteiger partial charge in [0.2, 0.25) is 0 Å². The summed E-state index contributed by atoms with van der Waals surface area (Å²) in [4.78, 5) is 17.7. The summed E-state index contributed by atoms with van der Waals surface area (Å²) >= 11 is 0. The smallest absolute Gasteiger partial charge is 0.253 e. The number of hydrogen-bond acceptors (Lipinski definition) is 3. The minimum Gasteiger partial charge on any atom is -0.357 e. The van der Waals surface area contributed by atoms with Gasteiger partial charge in [0, 0.05) is 42.8 Å². The highest BCUT2D eigenvalue weighted by molar-refractivity contribution is 6.07. The molecule has 5 rings (SSSR count). The lowest BCUT2D eigenvalue weighted by molar-refractivity contribution is -0.114. The first-order valence-corrected chi connectivity index (χ1v) is 12.4. The van der Waals surface area contributed by atoms with Gasteiger partial charge in [0.25, 0.3) is 5.91 Å². The molecule has 1 N–H and O–H groups in total. The lowest BCUT2D eigenvalue weighted by atomic mass is 9.83. The minimum absolute atomic E-state index is 0.100. The van der Waals surface area contributed by atoms with Crippen LogP contribution in [-0.4, -0.2) is 29.4 Å². The number of likely N-dealkylation sites (tertiary alicyclic amines) is 1. The molecule has 2 aliphatic rings. The van der Waals surface area contributed by atoms with E-state index in [4.69, 9.17) is 0 Å². The molecule has 1 amide bonds. The standard InChI is InChI=1S/C30H32FN3O/c1-22(2)26-13-6-7-14-27(26)32-28-20-29(35)34(25-12-8-11-24(31)19-25)30(28)15-17-33(18-16-30)21-23-9-4-3-5-10-23/h3-14,19-20,22,32H,15-18,21H2,1-2H3. The maximum Gasteiger partial charge on any atom is 0.253 e. The van der Waals surface area contributed by atoms with E-state index in [1.54, 1.807) is 12.1 Å². The number of benzene rings is 3. The van der Waals surface area contributed by atoms with E-state index in [1.165, 1.54) is 23.3 Å². The Morgan fingerprint density at radius 2 is 1.66 bits per heavy atom. The zero-order valence-corrected chi connectivity index (χ0v) is 20.4. The Labute approximate surface area is 207 Å². The second-order valence-corrected chi connectivity index (χ2v) is 9.87. The number of carbonyl (C=O) groups excluding carboxylic acids is 1. The molecule has 3 aromatic rings. The minimum atomic E-state index is -0.540. The molecule has 3 aromatic carbocycles. The Kier molecular flexibility index (Phi) is 6.44. The quantitative estimate of drug-likeness (QED) is 0.458. The number of carbonyl (C=O) groups is 1. The Bertz CT molecular complexity index is 1230. The first-order valence-electron chi connectivity index (χ1n) is 12.4. The summed E-state index contributed by atoms with van der Waals surface area (Å²) in [5.74, 6) is -0.0884. The van der Waals surface area contributed by atoms with Crippen LogP contribution < -0.4 is 10.2 Å². The monoisotopic (exact) mass is 469 g/mol. The predicted octanol–water partition coefficient (Wildman–Crippen LogP) is 6.33. The Hall–Kier alpha value is -3.44. The summed E-state index contributed by atoms with van der Waals surface area (Å²) < 4.78 is 14.2. The average Bonchev–Trinajstić information content (AvgIpc) is 3.11. The van der Waals surface area contributed by atoms with Crippen molar-refractivity contribution in [1.29, 1.82) is 0 Å². The van der Waals surface area contributed by atoms with E-state index in [2.05, 4.69) is 60.5 Å². The first kappa shape index (κ1) is 23.3. The van der Waals surface area contributed by atoms with Crippen LogP contribution in [-0.2, 0) is 11.3 Å². The average molecular weight is 470 g/mol. The maximum absolute atomic E-state index is 14.2. The molecule has 0 aliphatic carbocycles. The summed E-state index contributed by atoms with van der Waals surface area (Å²) in [5.41, 5.74) is 4.49. The molecule has 2 aliphatic heterocycles. The van der Waals surface area contributed by atoms with Gasteiger partial charge in [0.15, 0.2) is 0 Å². The van der Waals surface area contributed by atoms with Crippen molar-refractivity contribution in [2.75, 3.05) is 23.3 Å². The van der Waals surface area contributed by atoms with Gasteiger partial charge >= 0.3 is 0 Å². The second kappa shape index (κ2) is 9.67. The lowest BCUT2D eigenvalue weighted by Crippen LogP contribution is -2.56. The number of hydrogen-bond donors (Lipinski definition) is 1. The molecule has 35 heavy (non-hydrogen) atoms. The van der Waals surface area contributed by atoms with E-state index in [0.717, 1.165) is 43.9 Å². The van der Waals surface area contributed by atoms with Gasteiger partial charge in [0.05, 0.1) is 5.54 Å². The van der Waals surface area contributed by atoms with Crippen LogP contribution in [0.1, 0.15) is 43.7 Å². The normalized spacial score (nSPS) is 17.8. The van der Waals surface area contributed by atoms with Crippen LogP contribution in [0.4, 0.5) is 15.8 Å². The molecule has 2 heterocycles. The summed E-state index contributed by atoms with van der Waals surface area (Å²) in [6.45, 7) is 6.92. The Balaban J connectivity index is 1.47. The summed E-state index contributed by atoms with van der Waals surface area (Å²) in [6.07, 6.45) is 3.25. The van der Waals surface area contributed by atoms with E-state index in [-0.39, 0.29) is 11.7 Å². The number of piperidine rings is 1. The molecule has 0 radical (unpaired) electrons. The molecule has 1 fully saturated rings. The highest BCUT2D eigenvalue weighted by Gasteiger charge is 2.50. The number of halogens is 1. The van der Waals surface area contributed by atoms with Gasteiger partial charge in [-0.15, -0.1) is 0 Å². The van der Waals surface area contributed by atoms with Crippen LogP contribution in [0.2, 0.25) is 0 Å². The van der Waals surface area contributed by atoms with Crippen LogP contribution in [0.3, 0.4) is 0 Å². The van der Waals surface area contributed by atoms with E-state index < -0.39 is 5.54 Å². The largest absolute Gasteiger partial charge is 0.357 e. The number of rotatable bonds is 6. The SMILES string of the molecule is CC(C)c1ccccc1NC1=CC(=O)N(c2cccc(F)c2)C12CCN(Cc1ccccc1)CC2. The molecular formula is C30H32FN3O. The van der Waals surface area contributed by atoms with Crippen molar-refractivity contribution in [3.05, 3.63) is 108 Å². The molecule has 1 saturated heterocycles. The molecule has 0 aromatic heterocycles. The molecule has 0 unspecified atom stereocenters. The molecule has 1 spiro atoms. The van der Waals surface area contributed by atoms with Crippen LogP contribution >= 0.6 is 0 Å². The molecule has 5 heteroatoms. The second-order valence-electron chi connectivity index (χ2n) is 9.87. The number of para-hydroxylation sites is 1. The zero-order chi connectivity index (χ0) is 24.4. The third-order valence-corrected chi connectivity index (χ3v) is 7.27. The van der Waals surface area contributed by atoms with Crippen molar-refractivity contribution in [2.45, 2.75) is 44.7 Å². The van der Waals surface area contributed by atoms with Crippen molar-refractivity contribution < 1.29 is 9.18 Å². The van der Waals surface area contributed by atoms with Gasteiger partial charge in [-0.25, -0.2) is 4.39 Å². The summed E-state index contributed by atoms with van der Waals surface area (Å²) in [6, 6.07) is 25.1. The molecular weight excluding hydrogens is 437 g/mol. The van der Waals surface area contributed by atoms with Crippen molar-refractivity contribution >= 4 is 17.3 Å². The van der Waals surface area contributed by atoms with E-state index in [0.29, 0.717) is 11.6 Å². The fraction of sp³-hybridized carbons (Fsp3) is 0.300. The van der Waals surface area contributed by atoms with Crippen molar-refractivity contribution in [3.8, 4) is 0 Å². The van der Waals surface area contributed by atoms with Crippen LogP contribution in [0.5, 0.6) is 0 Å². The highest BCUT2D eigenvalue weighted by Crippen LogP contribution is 2.44. The zero-order valence-electron chi connectivity index (χ0n) is 20.4. The number of nitrogens with one attached hydrogen (secondary N) is 1. The van der Waals surface area contributed by atoms with E-state index in [9.17, 15) is 9.18 Å². The highest BCUT2D eigenvalue weighted by atomic mass is 19.1. The fourth-order valence-electron chi connectivity index (χ4n) is 5.47. The Morgan fingerprint density at radius 1 is 0.943 bits per heavy atom. The van der Waals surface area contributed by atoms with Crippen LogP contribution in [0, 0.1) is 5.82 Å². The van der Waals surface area contributed by atoms with Crippen molar-refractivity contribution in [2.24, 2.45) is 0 Å². The first-order chi connectivity index (χ1) is 17.0. The van der Waals surface area contributed by atoms with Gasteiger partial charge < -0.3 is 5.32 Å². The van der Waals surface area contributed by atoms with Gasteiger partial charge in [0.1, 0.15) is 5.82 Å². The molecule has 0 bridgehead atoms. The van der Waals surface area contributed by atoms with Crippen LogP contribution in [0.15, 0.2) is 90.6 Å². The fourth-order valence-corrected chi connectivity index (χ4v) is 5.47. The summed E-state index contributed by atoms with van der Waals surface area (Å²) in [7, 11) is 0. The summed E-state index contributed by atoms with van der Waals surface area (Å²) in [5, 5.41) is 3.65. The molecule has 0 atom stereocenters. The van der Waals surface area contributed by atoms with Gasteiger partial charge in [-0.05, 0) is 54.2 Å². The molecule has 4 nitrogen and oxygen atoms in total. The third kappa shape index (κ3) is 4.61. The van der Waals surface area contributed by atoms with Crippen molar-refractivity contribution in [1.82, 2.24) is 4.90 Å². The maximum atomic E-state index is 14.2. The lowest BCUT2D eigenvalue weighted by Gasteiger charge is -2.46. The Morgan fingerprint density at radius 3 is 2.37 bits per heavy atom. The topological polar surface area (TPSA) is 35.6 Å². The number of amides is 1. The third-order valence-electron chi connectivity index (χ3n) is 7.27. The van der Waals surface area contributed by atoms with E-state index in [1.807, 2.05) is 29.2 Å². The predicted molar refractivity (Wildman–Crippen MR) is 140 cm³/mol.